The fourth-order valence-corrected chi connectivity index (χ4v) is 3.92. The monoisotopic (exact) mass is 359 g/mol. The van der Waals surface area contributed by atoms with Crippen molar-refractivity contribution in [2.24, 2.45) is 23.3 Å². The van der Waals surface area contributed by atoms with Crippen molar-refractivity contribution >= 4 is 39.7 Å². The molecule has 8 heteroatoms. The summed E-state index contributed by atoms with van der Waals surface area (Å²) in [5.41, 5.74) is 12.8. The Kier molecular flexibility index (Phi) is 4.16. The van der Waals surface area contributed by atoms with Crippen molar-refractivity contribution in [2.75, 3.05) is 10.6 Å². The number of aromatic nitrogens is 1. The third-order valence-corrected chi connectivity index (χ3v) is 5.80. The van der Waals surface area contributed by atoms with Crippen molar-refractivity contribution in [3.05, 3.63) is 35.5 Å². The molecule has 132 valence electrons. The van der Waals surface area contributed by atoms with E-state index in [0.29, 0.717) is 16.9 Å². The molecular weight excluding hydrogens is 338 g/mol. The van der Waals surface area contributed by atoms with Crippen LogP contribution in [0.5, 0.6) is 0 Å². The highest BCUT2D eigenvalue weighted by molar-refractivity contribution is 7.10. The molecular formula is C17H21N5O2S. The van der Waals surface area contributed by atoms with E-state index in [-0.39, 0.29) is 17.7 Å². The lowest BCUT2D eigenvalue weighted by atomic mass is 10.1. The van der Waals surface area contributed by atoms with Crippen LogP contribution in [0.15, 0.2) is 24.3 Å². The molecule has 0 bridgehead atoms. The first-order chi connectivity index (χ1) is 11.8. The Bertz CT molecular complexity index is 839. The molecule has 2 atom stereocenters. The first-order valence-corrected chi connectivity index (χ1v) is 8.75. The average molecular weight is 359 g/mol. The number of carbonyl (C=O) groups is 2. The predicted octanol–water partition coefficient (Wildman–Crippen LogP) is 2.22. The van der Waals surface area contributed by atoms with Crippen LogP contribution in [-0.2, 0) is 4.79 Å². The van der Waals surface area contributed by atoms with Crippen LogP contribution < -0.4 is 22.1 Å². The second-order valence-corrected chi connectivity index (χ2v) is 7.32. The molecule has 1 heterocycles. The standard InChI is InChI=1S/C17H21N5O2S/c1-8-6-14(25-22-8)20-13-7-11(4-5-12(13)15(18)23)21-17(16(19)24)9(2)10(17)3/h4-7,9-10,20-21H,1-3H3,(H2,18,23)(H2,19,24). The van der Waals surface area contributed by atoms with Gasteiger partial charge in [0.15, 0.2) is 0 Å². The largest absolute Gasteiger partial charge is 0.371 e. The molecule has 1 aromatic heterocycles. The average Bonchev–Trinajstić information content (AvgIpc) is 2.88. The van der Waals surface area contributed by atoms with Gasteiger partial charge in [-0.3, -0.25) is 9.59 Å². The normalized spacial score (nSPS) is 24.6. The van der Waals surface area contributed by atoms with Crippen LogP contribution in [0, 0.1) is 18.8 Å². The fraction of sp³-hybridized carbons (Fsp3) is 0.353. The summed E-state index contributed by atoms with van der Waals surface area (Å²) in [6, 6.07) is 7.00. The van der Waals surface area contributed by atoms with Crippen molar-refractivity contribution in [3.8, 4) is 0 Å². The topological polar surface area (TPSA) is 123 Å². The first kappa shape index (κ1) is 17.2. The van der Waals surface area contributed by atoms with E-state index in [0.717, 1.165) is 10.7 Å². The van der Waals surface area contributed by atoms with Crippen molar-refractivity contribution < 1.29 is 9.59 Å². The van der Waals surface area contributed by atoms with Gasteiger partial charge in [-0.1, -0.05) is 13.8 Å². The number of primary amides is 2. The van der Waals surface area contributed by atoms with Crippen LogP contribution >= 0.6 is 11.5 Å². The Morgan fingerprint density at radius 3 is 2.36 bits per heavy atom. The number of anilines is 3. The number of rotatable bonds is 6. The Morgan fingerprint density at radius 1 is 1.20 bits per heavy atom. The van der Waals surface area contributed by atoms with Crippen LogP contribution in [0.4, 0.5) is 16.4 Å². The smallest absolute Gasteiger partial charge is 0.250 e. The molecule has 0 aliphatic heterocycles. The lowest BCUT2D eigenvalue weighted by Crippen LogP contribution is -2.40. The number of hydrogen-bond donors (Lipinski definition) is 4. The molecule has 25 heavy (non-hydrogen) atoms. The molecule has 0 saturated heterocycles. The van der Waals surface area contributed by atoms with Gasteiger partial charge in [0, 0.05) is 5.69 Å². The van der Waals surface area contributed by atoms with Gasteiger partial charge in [0.1, 0.15) is 10.5 Å². The zero-order valence-electron chi connectivity index (χ0n) is 14.3. The van der Waals surface area contributed by atoms with Gasteiger partial charge in [-0.05, 0) is 54.6 Å². The van der Waals surface area contributed by atoms with Gasteiger partial charge < -0.3 is 22.1 Å². The van der Waals surface area contributed by atoms with Gasteiger partial charge >= 0.3 is 0 Å². The lowest BCUT2D eigenvalue weighted by molar-refractivity contribution is -0.120. The summed E-state index contributed by atoms with van der Waals surface area (Å²) in [5.74, 6) is -0.630. The number of aryl methyl sites for hydroxylation is 1. The SMILES string of the molecule is Cc1cc(Nc2cc(NC3(C(N)=O)C(C)C3C)ccc2C(N)=O)sn1. The molecule has 6 N–H and O–H groups in total. The molecule has 7 nitrogen and oxygen atoms in total. The van der Waals surface area contributed by atoms with Gasteiger partial charge in [-0.15, -0.1) is 0 Å². The van der Waals surface area contributed by atoms with E-state index in [1.807, 2.05) is 26.8 Å². The minimum Gasteiger partial charge on any atom is -0.371 e. The van der Waals surface area contributed by atoms with Crippen LogP contribution in [-0.4, -0.2) is 21.7 Å². The first-order valence-electron chi connectivity index (χ1n) is 7.98. The van der Waals surface area contributed by atoms with Crippen LogP contribution in [0.3, 0.4) is 0 Å². The van der Waals surface area contributed by atoms with Crippen molar-refractivity contribution in [1.29, 1.82) is 0 Å². The summed E-state index contributed by atoms with van der Waals surface area (Å²) >= 11 is 1.29. The summed E-state index contributed by atoms with van der Waals surface area (Å²) in [6.07, 6.45) is 0. The molecule has 3 rings (SSSR count). The minimum absolute atomic E-state index is 0.140. The summed E-state index contributed by atoms with van der Waals surface area (Å²) in [4.78, 5) is 23.6. The van der Waals surface area contributed by atoms with Gasteiger partial charge in [0.25, 0.3) is 5.91 Å². The van der Waals surface area contributed by atoms with E-state index >= 15 is 0 Å². The van der Waals surface area contributed by atoms with E-state index in [1.165, 1.54) is 11.5 Å². The number of benzene rings is 1. The van der Waals surface area contributed by atoms with Gasteiger partial charge in [-0.2, -0.15) is 4.37 Å². The Labute approximate surface area is 150 Å². The molecule has 1 saturated carbocycles. The summed E-state index contributed by atoms with van der Waals surface area (Å²) in [6.45, 7) is 5.86. The third kappa shape index (κ3) is 2.93. The van der Waals surface area contributed by atoms with Gasteiger partial charge in [0.2, 0.25) is 5.91 Å². The number of carbonyl (C=O) groups excluding carboxylic acids is 2. The molecule has 2 amide bonds. The van der Waals surface area contributed by atoms with E-state index in [2.05, 4.69) is 15.0 Å². The maximum atomic E-state index is 11.9. The number of hydrogen-bond acceptors (Lipinski definition) is 6. The molecule has 0 radical (unpaired) electrons. The van der Waals surface area contributed by atoms with E-state index in [4.69, 9.17) is 11.5 Å². The quantitative estimate of drug-likeness (QED) is 0.630. The minimum atomic E-state index is -0.757. The van der Waals surface area contributed by atoms with Crippen LogP contribution in [0.25, 0.3) is 0 Å². The van der Waals surface area contributed by atoms with Crippen molar-refractivity contribution in [3.63, 3.8) is 0 Å². The predicted molar refractivity (Wildman–Crippen MR) is 99.0 cm³/mol. The maximum Gasteiger partial charge on any atom is 0.250 e. The zero-order valence-corrected chi connectivity index (χ0v) is 15.1. The van der Waals surface area contributed by atoms with Gasteiger partial charge in [-0.25, -0.2) is 0 Å². The van der Waals surface area contributed by atoms with E-state index in [9.17, 15) is 9.59 Å². The molecule has 1 aromatic carbocycles. The fourth-order valence-electron chi connectivity index (χ4n) is 3.25. The van der Waals surface area contributed by atoms with Crippen molar-refractivity contribution in [1.82, 2.24) is 4.37 Å². The highest BCUT2D eigenvalue weighted by atomic mass is 32.1. The van der Waals surface area contributed by atoms with Gasteiger partial charge in [0.05, 0.1) is 16.9 Å². The highest BCUT2D eigenvalue weighted by Crippen LogP contribution is 2.52. The lowest BCUT2D eigenvalue weighted by Gasteiger charge is -2.19. The van der Waals surface area contributed by atoms with Crippen molar-refractivity contribution in [2.45, 2.75) is 26.3 Å². The molecule has 1 fully saturated rings. The maximum absolute atomic E-state index is 11.9. The third-order valence-electron chi connectivity index (χ3n) is 5.01. The van der Waals surface area contributed by atoms with Crippen LogP contribution in [0.1, 0.15) is 29.9 Å². The number of nitrogens with zero attached hydrogens (tertiary/aromatic N) is 1. The Hall–Kier alpha value is -2.61. The second kappa shape index (κ2) is 6.03. The summed E-state index contributed by atoms with van der Waals surface area (Å²) in [5, 5.41) is 7.22. The Morgan fingerprint density at radius 2 is 1.88 bits per heavy atom. The Balaban J connectivity index is 1.93. The highest BCUT2D eigenvalue weighted by Gasteiger charge is 2.64. The number of amides is 2. The molecule has 1 aliphatic carbocycles. The molecule has 2 aromatic rings. The summed E-state index contributed by atoms with van der Waals surface area (Å²) in [7, 11) is 0. The van der Waals surface area contributed by atoms with E-state index in [1.54, 1.807) is 18.2 Å². The van der Waals surface area contributed by atoms with E-state index < -0.39 is 11.4 Å². The number of nitrogens with two attached hydrogens (primary N) is 2. The molecule has 0 spiro atoms. The van der Waals surface area contributed by atoms with Crippen LogP contribution in [0.2, 0.25) is 0 Å². The molecule has 1 aliphatic rings. The zero-order chi connectivity index (χ0) is 18.4. The summed E-state index contributed by atoms with van der Waals surface area (Å²) < 4.78 is 4.21. The molecule has 2 unspecified atom stereocenters. The second-order valence-electron chi connectivity index (χ2n) is 6.52. The number of nitrogens with one attached hydrogen (secondary N) is 2.